The van der Waals surface area contributed by atoms with Crippen LogP contribution in [0.1, 0.15) is 43.1 Å². The lowest BCUT2D eigenvalue weighted by atomic mass is 10.2. The average Bonchev–Trinajstić information content (AvgIpc) is 3.23. The largest absolute Gasteiger partial charge is 0.490 e. The van der Waals surface area contributed by atoms with E-state index in [1.165, 1.54) is 19.3 Å². The van der Waals surface area contributed by atoms with E-state index < -0.39 is 18.1 Å². The Bertz CT molecular complexity index is 1180. The third-order valence-corrected chi connectivity index (χ3v) is 4.99. The number of nitrogens with zero attached hydrogens (tertiary/aromatic N) is 2. The number of carbonyl (C=O) groups excluding carboxylic acids is 2. The van der Waals surface area contributed by atoms with Gasteiger partial charge in [0.1, 0.15) is 0 Å². The minimum Gasteiger partial charge on any atom is -0.490 e. The molecule has 2 amide bonds. The van der Waals surface area contributed by atoms with E-state index in [9.17, 15) is 9.59 Å². The van der Waals surface area contributed by atoms with E-state index in [1.54, 1.807) is 18.2 Å². The van der Waals surface area contributed by atoms with E-state index in [4.69, 9.17) is 47.6 Å². The third kappa shape index (κ3) is 5.70. The molecular formula is C22H22Cl2N4O6. The van der Waals surface area contributed by atoms with Gasteiger partial charge in [-0.05, 0) is 39.0 Å². The topological polar surface area (TPSA) is 139 Å². The van der Waals surface area contributed by atoms with Gasteiger partial charge in [0.15, 0.2) is 29.1 Å². The first-order chi connectivity index (χ1) is 16.2. The summed E-state index contributed by atoms with van der Waals surface area (Å²) >= 11 is 12.2. The molecule has 0 unspecified atom stereocenters. The maximum Gasteiger partial charge on any atom is 0.405 e. The van der Waals surface area contributed by atoms with Crippen LogP contribution in [0.15, 0.2) is 35.0 Å². The molecule has 1 aromatic carbocycles. The smallest absolute Gasteiger partial charge is 0.405 e. The van der Waals surface area contributed by atoms with Crippen LogP contribution in [0.2, 0.25) is 10.0 Å². The first-order valence-corrected chi connectivity index (χ1v) is 11.0. The number of nitrogens with two attached hydrogens (primary N) is 1. The van der Waals surface area contributed by atoms with Crippen molar-refractivity contribution < 1.29 is 28.2 Å². The molecule has 12 heteroatoms. The highest BCUT2D eigenvalue weighted by molar-refractivity contribution is 6.39. The number of primary amides is 1. The summed E-state index contributed by atoms with van der Waals surface area (Å²) in [6, 6.07) is 5.07. The molecular weight excluding hydrogens is 487 g/mol. The molecule has 0 aliphatic rings. The second-order valence-corrected chi connectivity index (χ2v) is 7.59. The Morgan fingerprint density at radius 1 is 1.12 bits per heavy atom. The number of ether oxygens (including phenoxy) is 3. The van der Waals surface area contributed by atoms with Crippen molar-refractivity contribution in [2.45, 2.75) is 26.9 Å². The number of anilines is 1. The molecule has 0 saturated carbocycles. The number of hydrogen-bond donors (Lipinski definition) is 2. The van der Waals surface area contributed by atoms with Gasteiger partial charge in [-0.3, -0.25) is 9.78 Å². The quantitative estimate of drug-likeness (QED) is 0.399. The van der Waals surface area contributed by atoms with Gasteiger partial charge in [-0.15, -0.1) is 0 Å². The molecule has 0 spiro atoms. The van der Waals surface area contributed by atoms with Gasteiger partial charge in [0.25, 0.3) is 5.91 Å². The summed E-state index contributed by atoms with van der Waals surface area (Å²) in [4.78, 5) is 32.6. The highest BCUT2D eigenvalue weighted by Gasteiger charge is 2.28. The summed E-state index contributed by atoms with van der Waals surface area (Å²) in [6.07, 6.45) is 0.590. The summed E-state index contributed by atoms with van der Waals surface area (Å²) in [5, 5.41) is 2.83. The molecule has 10 nitrogen and oxygen atoms in total. The van der Waals surface area contributed by atoms with Crippen molar-refractivity contribution in [3.8, 4) is 23.0 Å². The van der Waals surface area contributed by atoms with Gasteiger partial charge in [0.05, 0.1) is 28.9 Å². The first kappa shape index (κ1) is 25.1. The van der Waals surface area contributed by atoms with Crippen LogP contribution in [-0.4, -0.2) is 35.2 Å². The van der Waals surface area contributed by atoms with E-state index in [-0.39, 0.29) is 33.1 Å². The number of benzene rings is 1. The second kappa shape index (κ2) is 11.1. The normalized spacial score (nSPS) is 11.6. The molecule has 0 radical (unpaired) electrons. The lowest BCUT2D eigenvalue weighted by Crippen LogP contribution is -2.19. The Hall–Kier alpha value is -3.50. The Morgan fingerprint density at radius 2 is 1.76 bits per heavy atom. The number of oxazole rings is 1. The predicted molar refractivity (Wildman–Crippen MR) is 126 cm³/mol. The Balaban J connectivity index is 2.04. The molecule has 34 heavy (non-hydrogen) atoms. The van der Waals surface area contributed by atoms with Crippen molar-refractivity contribution in [2.24, 2.45) is 5.73 Å². The number of aromatic nitrogens is 2. The zero-order chi connectivity index (χ0) is 24.8. The number of halogens is 2. The fourth-order valence-electron chi connectivity index (χ4n) is 3.01. The lowest BCUT2D eigenvalue weighted by molar-refractivity contribution is 0.0956. The van der Waals surface area contributed by atoms with Crippen molar-refractivity contribution >= 4 is 40.9 Å². The number of amides is 2. The van der Waals surface area contributed by atoms with Gasteiger partial charge in [0.2, 0.25) is 5.89 Å². The molecule has 0 aliphatic heterocycles. The van der Waals surface area contributed by atoms with E-state index in [0.717, 1.165) is 0 Å². The number of pyridine rings is 1. The standard InChI is InChI=1S/C22H22Cl2N4O6/c1-4-31-15-7-6-12(8-16(15)32-5-2)21-28-18(19(34-21)11(3)33-22(25)30)20(29)27-17-13(23)9-26-10-14(17)24/h6-11H,4-5H2,1-3H3,(H2,25,30)(H,26,27,29)/t11-/m0/s1. The van der Waals surface area contributed by atoms with Crippen LogP contribution in [-0.2, 0) is 4.74 Å². The van der Waals surface area contributed by atoms with Crippen LogP contribution in [0.25, 0.3) is 11.5 Å². The van der Waals surface area contributed by atoms with Crippen LogP contribution in [0, 0.1) is 0 Å². The molecule has 3 rings (SSSR count). The Labute approximate surface area is 205 Å². The number of rotatable bonds is 9. The summed E-state index contributed by atoms with van der Waals surface area (Å²) in [6.45, 7) is 6.05. The molecule has 180 valence electrons. The van der Waals surface area contributed by atoms with Crippen LogP contribution in [0.3, 0.4) is 0 Å². The van der Waals surface area contributed by atoms with Gasteiger partial charge in [0, 0.05) is 18.0 Å². The molecule has 2 heterocycles. The van der Waals surface area contributed by atoms with Gasteiger partial charge in [-0.2, -0.15) is 0 Å². The van der Waals surface area contributed by atoms with E-state index >= 15 is 0 Å². The summed E-state index contributed by atoms with van der Waals surface area (Å²) in [7, 11) is 0. The fraction of sp³-hybridized carbons (Fsp3) is 0.273. The minimum absolute atomic E-state index is 0.0283. The van der Waals surface area contributed by atoms with Crippen molar-refractivity contribution in [3.05, 3.63) is 52.1 Å². The summed E-state index contributed by atoms with van der Waals surface area (Å²) < 4.78 is 22.1. The zero-order valence-electron chi connectivity index (χ0n) is 18.6. The molecule has 0 aliphatic carbocycles. The van der Waals surface area contributed by atoms with Crippen molar-refractivity contribution in [1.29, 1.82) is 0 Å². The average molecular weight is 509 g/mol. The van der Waals surface area contributed by atoms with Crippen molar-refractivity contribution in [2.75, 3.05) is 18.5 Å². The van der Waals surface area contributed by atoms with E-state index in [1.807, 2.05) is 13.8 Å². The predicted octanol–water partition coefficient (Wildman–Crippen LogP) is 5.25. The summed E-state index contributed by atoms with van der Waals surface area (Å²) in [5.74, 6) is 0.376. The summed E-state index contributed by atoms with van der Waals surface area (Å²) in [5.41, 5.74) is 5.63. The van der Waals surface area contributed by atoms with Gasteiger partial charge < -0.3 is 29.7 Å². The second-order valence-electron chi connectivity index (χ2n) is 6.77. The van der Waals surface area contributed by atoms with Crippen LogP contribution in [0.5, 0.6) is 11.5 Å². The fourth-order valence-corrected chi connectivity index (χ4v) is 3.47. The molecule has 0 fully saturated rings. The highest BCUT2D eigenvalue weighted by Crippen LogP contribution is 2.35. The number of hydrogen-bond acceptors (Lipinski definition) is 8. The van der Waals surface area contributed by atoms with Crippen molar-refractivity contribution in [1.82, 2.24) is 9.97 Å². The van der Waals surface area contributed by atoms with Crippen LogP contribution in [0.4, 0.5) is 10.5 Å². The van der Waals surface area contributed by atoms with Gasteiger partial charge >= 0.3 is 6.09 Å². The lowest BCUT2D eigenvalue weighted by Gasteiger charge is -2.11. The minimum atomic E-state index is -1.04. The highest BCUT2D eigenvalue weighted by atomic mass is 35.5. The number of nitrogens with one attached hydrogen (secondary N) is 1. The first-order valence-electron chi connectivity index (χ1n) is 10.2. The van der Waals surface area contributed by atoms with Crippen molar-refractivity contribution in [3.63, 3.8) is 0 Å². The Morgan fingerprint density at radius 3 is 2.38 bits per heavy atom. The van der Waals surface area contributed by atoms with E-state index in [2.05, 4.69) is 15.3 Å². The molecule has 3 aromatic rings. The SMILES string of the molecule is CCOc1ccc(-c2nc(C(=O)Nc3c(Cl)cncc3Cl)c([C@H](C)OC(N)=O)o2)cc1OCC. The van der Waals surface area contributed by atoms with Gasteiger partial charge in [-0.25, -0.2) is 9.78 Å². The molecule has 0 bridgehead atoms. The molecule has 3 N–H and O–H groups in total. The molecule has 0 saturated heterocycles. The monoisotopic (exact) mass is 508 g/mol. The Kier molecular flexibility index (Phi) is 8.19. The molecule has 2 aromatic heterocycles. The number of carbonyl (C=O) groups is 2. The molecule has 1 atom stereocenters. The van der Waals surface area contributed by atoms with E-state index in [0.29, 0.717) is 30.3 Å². The van der Waals surface area contributed by atoms with Gasteiger partial charge in [-0.1, -0.05) is 23.2 Å². The maximum absolute atomic E-state index is 13.1. The van der Waals surface area contributed by atoms with Crippen LogP contribution >= 0.6 is 23.2 Å². The third-order valence-electron chi connectivity index (χ3n) is 4.41. The zero-order valence-corrected chi connectivity index (χ0v) is 20.1. The maximum atomic E-state index is 13.1. The van der Waals surface area contributed by atoms with Crippen LogP contribution < -0.4 is 20.5 Å².